The van der Waals surface area contributed by atoms with Gasteiger partial charge in [0.15, 0.2) is 0 Å². The zero-order valence-electron chi connectivity index (χ0n) is 7.45. The molecular weight excluding hydrogens is 172 g/mol. The number of nitrogens with zero attached hydrogens (tertiary/aromatic N) is 1. The number of nitrogens with two attached hydrogens (primary N) is 1. The molecule has 0 aromatic carbocycles. The quantitative estimate of drug-likeness (QED) is 0.693. The van der Waals surface area contributed by atoms with E-state index in [0.29, 0.717) is 0 Å². The number of primary amides is 1. The average Bonchev–Trinajstić information content (AvgIpc) is 2.05. The van der Waals surface area contributed by atoms with E-state index in [1.807, 2.05) is 11.8 Å². The lowest BCUT2D eigenvalue weighted by Gasteiger charge is -2.32. The Labute approximate surface area is 77.7 Å². The Balaban J connectivity index is 2.48. The standard InChI is InChI=1S/C8H16N2OS/c1-2-3-10-4-5-12-6-7(10)8(9)11/h7H,2-6H2,1H3,(H2,9,11). The van der Waals surface area contributed by atoms with Crippen molar-refractivity contribution in [3.05, 3.63) is 0 Å². The van der Waals surface area contributed by atoms with Crippen molar-refractivity contribution in [3.63, 3.8) is 0 Å². The van der Waals surface area contributed by atoms with Crippen molar-refractivity contribution in [2.45, 2.75) is 19.4 Å². The highest BCUT2D eigenvalue weighted by Crippen LogP contribution is 2.15. The molecule has 2 N–H and O–H groups in total. The zero-order valence-corrected chi connectivity index (χ0v) is 8.27. The summed E-state index contributed by atoms with van der Waals surface area (Å²) >= 11 is 1.82. The van der Waals surface area contributed by atoms with Crippen LogP contribution in [0.25, 0.3) is 0 Å². The first kappa shape index (κ1) is 9.86. The molecule has 1 unspecified atom stereocenters. The fourth-order valence-corrected chi connectivity index (χ4v) is 2.58. The fraction of sp³-hybridized carbons (Fsp3) is 0.875. The first-order chi connectivity index (χ1) is 5.75. The number of carbonyl (C=O) groups excluding carboxylic acids is 1. The minimum Gasteiger partial charge on any atom is -0.368 e. The van der Waals surface area contributed by atoms with Crippen molar-refractivity contribution in [3.8, 4) is 0 Å². The van der Waals surface area contributed by atoms with Crippen molar-refractivity contribution >= 4 is 17.7 Å². The van der Waals surface area contributed by atoms with Crippen LogP contribution in [0, 0.1) is 0 Å². The van der Waals surface area contributed by atoms with E-state index in [0.717, 1.165) is 31.0 Å². The lowest BCUT2D eigenvalue weighted by molar-refractivity contribution is -0.122. The molecule has 1 saturated heterocycles. The SMILES string of the molecule is CCCN1CCSCC1C(N)=O. The lowest BCUT2D eigenvalue weighted by Crippen LogP contribution is -2.50. The molecule has 3 nitrogen and oxygen atoms in total. The summed E-state index contributed by atoms with van der Waals surface area (Å²) in [6.45, 7) is 4.13. The van der Waals surface area contributed by atoms with Gasteiger partial charge < -0.3 is 5.73 Å². The summed E-state index contributed by atoms with van der Waals surface area (Å²) < 4.78 is 0. The van der Waals surface area contributed by atoms with Gasteiger partial charge >= 0.3 is 0 Å². The molecule has 70 valence electrons. The summed E-state index contributed by atoms with van der Waals surface area (Å²) in [5, 5.41) is 0. The van der Waals surface area contributed by atoms with Crippen LogP contribution in [0.3, 0.4) is 0 Å². The Bertz CT molecular complexity index is 161. The summed E-state index contributed by atoms with van der Waals surface area (Å²) in [6, 6.07) is -0.0244. The summed E-state index contributed by atoms with van der Waals surface area (Å²) in [5.41, 5.74) is 5.29. The van der Waals surface area contributed by atoms with Crippen molar-refractivity contribution in [2.75, 3.05) is 24.6 Å². The van der Waals surface area contributed by atoms with Crippen LogP contribution in [0.2, 0.25) is 0 Å². The van der Waals surface area contributed by atoms with E-state index in [1.165, 1.54) is 0 Å². The van der Waals surface area contributed by atoms with Gasteiger partial charge in [-0.15, -0.1) is 0 Å². The molecule has 1 aliphatic heterocycles. The van der Waals surface area contributed by atoms with Crippen LogP contribution in [-0.4, -0.2) is 41.4 Å². The minimum absolute atomic E-state index is 0.0244. The Hall–Kier alpha value is -0.220. The van der Waals surface area contributed by atoms with Gasteiger partial charge in [0.05, 0.1) is 6.04 Å². The second-order valence-corrected chi connectivity index (χ2v) is 4.18. The van der Waals surface area contributed by atoms with E-state index in [2.05, 4.69) is 11.8 Å². The van der Waals surface area contributed by atoms with Gasteiger partial charge in [0, 0.05) is 18.1 Å². The molecule has 0 aromatic heterocycles. The molecule has 1 fully saturated rings. The van der Waals surface area contributed by atoms with Crippen LogP contribution in [-0.2, 0) is 4.79 Å². The second-order valence-electron chi connectivity index (χ2n) is 3.03. The van der Waals surface area contributed by atoms with Gasteiger partial charge in [0.25, 0.3) is 0 Å². The van der Waals surface area contributed by atoms with Crippen molar-refractivity contribution in [1.29, 1.82) is 0 Å². The normalized spacial score (nSPS) is 25.6. The zero-order chi connectivity index (χ0) is 8.97. The molecule has 12 heavy (non-hydrogen) atoms. The largest absolute Gasteiger partial charge is 0.368 e. The number of thioether (sulfide) groups is 1. The van der Waals surface area contributed by atoms with Gasteiger partial charge in [0.2, 0.25) is 5.91 Å². The molecule has 0 aliphatic carbocycles. The van der Waals surface area contributed by atoms with Crippen LogP contribution in [0.5, 0.6) is 0 Å². The number of hydrogen-bond acceptors (Lipinski definition) is 3. The highest BCUT2D eigenvalue weighted by molar-refractivity contribution is 7.99. The van der Waals surface area contributed by atoms with Crippen LogP contribution in [0.15, 0.2) is 0 Å². The topological polar surface area (TPSA) is 46.3 Å². The molecule has 1 aliphatic rings. The van der Waals surface area contributed by atoms with E-state index in [1.54, 1.807) is 0 Å². The van der Waals surface area contributed by atoms with Crippen LogP contribution >= 0.6 is 11.8 Å². The molecule has 0 spiro atoms. The van der Waals surface area contributed by atoms with Gasteiger partial charge in [-0.1, -0.05) is 6.92 Å². The van der Waals surface area contributed by atoms with Gasteiger partial charge in [-0.05, 0) is 13.0 Å². The summed E-state index contributed by atoms with van der Waals surface area (Å²) in [6.07, 6.45) is 1.09. The smallest absolute Gasteiger partial charge is 0.235 e. The third kappa shape index (κ3) is 2.38. The van der Waals surface area contributed by atoms with Crippen LogP contribution < -0.4 is 5.73 Å². The highest BCUT2D eigenvalue weighted by Gasteiger charge is 2.25. The number of carbonyl (C=O) groups is 1. The molecule has 0 aromatic rings. The van der Waals surface area contributed by atoms with Crippen molar-refractivity contribution in [2.24, 2.45) is 5.73 Å². The first-order valence-corrected chi connectivity index (χ1v) is 5.52. The van der Waals surface area contributed by atoms with E-state index in [4.69, 9.17) is 5.73 Å². The molecule has 1 amide bonds. The molecule has 1 atom stereocenters. The van der Waals surface area contributed by atoms with Gasteiger partial charge in [-0.2, -0.15) is 11.8 Å². The van der Waals surface area contributed by atoms with Gasteiger partial charge in [0.1, 0.15) is 0 Å². The highest BCUT2D eigenvalue weighted by atomic mass is 32.2. The minimum atomic E-state index is -0.171. The van der Waals surface area contributed by atoms with Crippen LogP contribution in [0.4, 0.5) is 0 Å². The van der Waals surface area contributed by atoms with E-state index >= 15 is 0 Å². The maximum atomic E-state index is 11.0. The van der Waals surface area contributed by atoms with Crippen molar-refractivity contribution < 1.29 is 4.79 Å². The van der Waals surface area contributed by atoms with E-state index < -0.39 is 0 Å². The Kier molecular flexibility index (Phi) is 3.88. The predicted octanol–water partition coefficient (Wildman–Crippen LogP) is 0.299. The van der Waals surface area contributed by atoms with Crippen molar-refractivity contribution in [1.82, 2.24) is 4.90 Å². The Morgan fingerprint density at radius 1 is 1.75 bits per heavy atom. The predicted molar refractivity (Wildman–Crippen MR) is 52.2 cm³/mol. The second kappa shape index (κ2) is 4.72. The van der Waals surface area contributed by atoms with Gasteiger partial charge in [-0.25, -0.2) is 0 Å². The molecule has 1 rings (SSSR count). The van der Waals surface area contributed by atoms with Gasteiger partial charge in [-0.3, -0.25) is 9.69 Å². The molecule has 0 saturated carbocycles. The molecule has 0 bridgehead atoms. The monoisotopic (exact) mass is 188 g/mol. The number of rotatable bonds is 3. The Morgan fingerprint density at radius 2 is 2.50 bits per heavy atom. The maximum Gasteiger partial charge on any atom is 0.235 e. The molecular formula is C8H16N2OS. The fourth-order valence-electron chi connectivity index (χ4n) is 1.45. The third-order valence-electron chi connectivity index (χ3n) is 2.08. The third-order valence-corrected chi connectivity index (χ3v) is 3.10. The number of hydrogen-bond donors (Lipinski definition) is 1. The first-order valence-electron chi connectivity index (χ1n) is 4.36. The van der Waals surface area contributed by atoms with E-state index in [9.17, 15) is 4.79 Å². The summed E-state index contributed by atoms with van der Waals surface area (Å²) in [5.74, 6) is 1.83. The molecule has 1 heterocycles. The summed E-state index contributed by atoms with van der Waals surface area (Å²) in [7, 11) is 0. The Morgan fingerprint density at radius 3 is 3.08 bits per heavy atom. The van der Waals surface area contributed by atoms with Crippen LogP contribution in [0.1, 0.15) is 13.3 Å². The van der Waals surface area contributed by atoms with E-state index in [-0.39, 0.29) is 11.9 Å². The molecule has 0 radical (unpaired) electrons. The average molecular weight is 188 g/mol. The summed E-state index contributed by atoms with van der Waals surface area (Å²) in [4.78, 5) is 13.2. The lowest BCUT2D eigenvalue weighted by atomic mass is 10.2. The number of amides is 1. The molecule has 4 heteroatoms. The maximum absolute atomic E-state index is 11.0.